The lowest BCUT2D eigenvalue weighted by atomic mass is 10.1. The molecule has 2 aromatic carbocycles. The van der Waals surface area contributed by atoms with Crippen LogP contribution < -0.4 is 10.2 Å². The molecule has 0 unspecified atom stereocenters. The van der Waals surface area contributed by atoms with Gasteiger partial charge in [0.05, 0.1) is 11.4 Å². The molecule has 1 saturated heterocycles. The van der Waals surface area contributed by atoms with Crippen molar-refractivity contribution >= 4 is 57.4 Å². The number of hydrogen-bond acceptors (Lipinski definition) is 3. The number of hydrogen-bond donors (Lipinski definition) is 1. The van der Waals surface area contributed by atoms with Crippen molar-refractivity contribution in [3.63, 3.8) is 0 Å². The van der Waals surface area contributed by atoms with Crippen LogP contribution in [-0.2, 0) is 4.79 Å². The van der Waals surface area contributed by atoms with E-state index in [0.29, 0.717) is 22.0 Å². The van der Waals surface area contributed by atoms with Crippen molar-refractivity contribution in [1.82, 2.24) is 4.90 Å². The van der Waals surface area contributed by atoms with Gasteiger partial charge in [-0.05, 0) is 65.1 Å². The Kier molecular flexibility index (Phi) is 6.57. The SMILES string of the molecule is O=C(Nc1cc(Cl)ccc1N1CCN(C(=O)C(F)(F)F)CC1)c1ccc(I)cc1. The van der Waals surface area contributed by atoms with Gasteiger partial charge in [-0.15, -0.1) is 0 Å². The Bertz CT molecular complexity index is 914. The van der Waals surface area contributed by atoms with E-state index < -0.39 is 12.1 Å². The highest BCUT2D eigenvalue weighted by Crippen LogP contribution is 2.31. The van der Waals surface area contributed by atoms with E-state index in [0.717, 1.165) is 8.47 Å². The summed E-state index contributed by atoms with van der Waals surface area (Å²) in [6, 6.07) is 12.0. The van der Waals surface area contributed by atoms with Crippen LogP contribution >= 0.6 is 34.2 Å². The Morgan fingerprint density at radius 3 is 2.21 bits per heavy atom. The predicted octanol–water partition coefficient (Wildman–Crippen LogP) is 4.41. The second kappa shape index (κ2) is 8.78. The van der Waals surface area contributed by atoms with E-state index in [9.17, 15) is 22.8 Å². The first-order valence-corrected chi connectivity index (χ1v) is 10.1. The lowest BCUT2D eigenvalue weighted by molar-refractivity contribution is -0.185. The smallest absolute Gasteiger partial charge is 0.366 e. The molecule has 3 rings (SSSR count). The van der Waals surface area contributed by atoms with Gasteiger partial charge in [0, 0.05) is 40.3 Å². The zero-order chi connectivity index (χ0) is 21.2. The van der Waals surface area contributed by atoms with E-state index in [-0.39, 0.29) is 32.1 Å². The molecule has 0 aromatic heterocycles. The number of carbonyl (C=O) groups excluding carboxylic acids is 2. The van der Waals surface area contributed by atoms with Crippen LogP contribution in [0.5, 0.6) is 0 Å². The van der Waals surface area contributed by atoms with E-state index in [1.165, 1.54) is 0 Å². The van der Waals surface area contributed by atoms with Crippen LogP contribution in [0.15, 0.2) is 42.5 Å². The van der Waals surface area contributed by atoms with Crippen LogP contribution in [0, 0.1) is 3.57 Å². The van der Waals surface area contributed by atoms with Crippen LogP contribution in [0.1, 0.15) is 10.4 Å². The Morgan fingerprint density at radius 2 is 1.62 bits per heavy atom. The van der Waals surface area contributed by atoms with E-state index in [1.807, 2.05) is 17.0 Å². The summed E-state index contributed by atoms with van der Waals surface area (Å²) in [5, 5.41) is 3.23. The number of alkyl halides is 3. The van der Waals surface area contributed by atoms with Crippen LogP contribution in [0.3, 0.4) is 0 Å². The van der Waals surface area contributed by atoms with Crippen molar-refractivity contribution in [3.8, 4) is 0 Å². The van der Waals surface area contributed by atoms with E-state index in [4.69, 9.17) is 11.6 Å². The second-order valence-electron chi connectivity index (χ2n) is 6.40. The number of benzene rings is 2. The molecule has 1 aliphatic heterocycles. The summed E-state index contributed by atoms with van der Waals surface area (Å²) in [5.74, 6) is -2.16. The Morgan fingerprint density at radius 1 is 1.00 bits per heavy atom. The number of piperazine rings is 1. The molecule has 29 heavy (non-hydrogen) atoms. The molecule has 154 valence electrons. The molecule has 0 atom stereocenters. The third-order valence-corrected chi connectivity index (χ3v) is 5.42. The summed E-state index contributed by atoms with van der Waals surface area (Å²) in [6.45, 7) is 0.280. The average molecular weight is 538 g/mol. The number of nitrogens with zero attached hydrogens (tertiary/aromatic N) is 2. The second-order valence-corrected chi connectivity index (χ2v) is 8.08. The highest BCUT2D eigenvalue weighted by molar-refractivity contribution is 14.1. The molecule has 0 aliphatic carbocycles. The van der Waals surface area contributed by atoms with Crippen LogP contribution in [0.25, 0.3) is 0 Å². The monoisotopic (exact) mass is 537 g/mol. The molecule has 0 spiro atoms. The van der Waals surface area contributed by atoms with Gasteiger partial charge in [0.2, 0.25) is 0 Å². The van der Waals surface area contributed by atoms with Crippen molar-refractivity contribution in [3.05, 3.63) is 56.6 Å². The van der Waals surface area contributed by atoms with Crippen molar-refractivity contribution in [2.45, 2.75) is 6.18 Å². The minimum atomic E-state index is -4.88. The number of amides is 2. The fourth-order valence-corrected chi connectivity index (χ4v) is 3.54. The lowest BCUT2D eigenvalue weighted by Crippen LogP contribution is -2.52. The molecule has 0 radical (unpaired) electrons. The van der Waals surface area contributed by atoms with Crippen molar-refractivity contribution in [1.29, 1.82) is 0 Å². The van der Waals surface area contributed by atoms with Gasteiger partial charge >= 0.3 is 12.1 Å². The molecule has 0 bridgehead atoms. The number of rotatable bonds is 3. The molecule has 0 saturated carbocycles. The maximum absolute atomic E-state index is 12.6. The fraction of sp³-hybridized carbons (Fsp3) is 0.263. The molecule has 1 aliphatic rings. The zero-order valence-electron chi connectivity index (χ0n) is 15.0. The third-order valence-electron chi connectivity index (χ3n) is 4.46. The van der Waals surface area contributed by atoms with Gasteiger partial charge in [0.1, 0.15) is 0 Å². The normalized spacial score (nSPS) is 14.7. The highest BCUT2D eigenvalue weighted by atomic mass is 127. The lowest BCUT2D eigenvalue weighted by Gasteiger charge is -2.37. The van der Waals surface area contributed by atoms with Gasteiger partial charge in [-0.25, -0.2) is 0 Å². The maximum atomic E-state index is 12.6. The highest BCUT2D eigenvalue weighted by Gasteiger charge is 2.43. The van der Waals surface area contributed by atoms with Gasteiger partial charge < -0.3 is 15.1 Å². The van der Waals surface area contributed by atoms with Gasteiger partial charge in [-0.1, -0.05) is 11.6 Å². The predicted molar refractivity (Wildman–Crippen MR) is 113 cm³/mol. The van der Waals surface area contributed by atoms with Crippen molar-refractivity contribution in [2.75, 3.05) is 36.4 Å². The standard InChI is InChI=1S/C19H16ClF3IN3O2/c20-13-3-6-16(26-7-9-27(10-8-26)18(29)19(21,22)23)15(11-13)25-17(28)12-1-4-14(24)5-2-12/h1-6,11H,7-10H2,(H,25,28). The first-order valence-electron chi connectivity index (χ1n) is 8.62. The van der Waals surface area contributed by atoms with Crippen LogP contribution in [0.4, 0.5) is 24.5 Å². The minimum Gasteiger partial charge on any atom is -0.366 e. The molecule has 10 heteroatoms. The first kappa shape index (κ1) is 21.7. The van der Waals surface area contributed by atoms with Gasteiger partial charge in [0.15, 0.2) is 0 Å². The van der Waals surface area contributed by atoms with Crippen LogP contribution in [0.2, 0.25) is 5.02 Å². The summed E-state index contributed by atoms with van der Waals surface area (Å²) < 4.78 is 38.9. The van der Waals surface area contributed by atoms with Crippen molar-refractivity contribution in [2.24, 2.45) is 0 Å². The van der Waals surface area contributed by atoms with Gasteiger partial charge in [-0.2, -0.15) is 13.2 Å². The average Bonchev–Trinajstić information content (AvgIpc) is 2.67. The van der Waals surface area contributed by atoms with Gasteiger partial charge in [-0.3, -0.25) is 9.59 Å². The molecular weight excluding hydrogens is 522 g/mol. The Hall–Kier alpha value is -2.01. The molecule has 1 N–H and O–H groups in total. The first-order chi connectivity index (χ1) is 13.6. The van der Waals surface area contributed by atoms with Crippen molar-refractivity contribution < 1.29 is 22.8 Å². The van der Waals surface area contributed by atoms with Gasteiger partial charge in [0.25, 0.3) is 5.91 Å². The Labute approximate surface area is 183 Å². The number of nitrogens with one attached hydrogen (secondary N) is 1. The van der Waals surface area contributed by atoms with Crippen LogP contribution in [-0.4, -0.2) is 49.1 Å². The molecule has 2 amide bonds. The minimum absolute atomic E-state index is 0.0640. The van der Waals surface area contributed by atoms with E-state index in [2.05, 4.69) is 27.9 Å². The summed E-state index contributed by atoms with van der Waals surface area (Å²) in [7, 11) is 0. The quantitative estimate of drug-likeness (QED) is 0.591. The zero-order valence-corrected chi connectivity index (χ0v) is 17.9. The largest absolute Gasteiger partial charge is 0.471 e. The molecule has 1 fully saturated rings. The van der Waals surface area contributed by atoms with E-state index >= 15 is 0 Å². The maximum Gasteiger partial charge on any atom is 0.471 e. The molecule has 2 aromatic rings. The van der Waals surface area contributed by atoms with E-state index in [1.54, 1.807) is 30.3 Å². The molecule has 5 nitrogen and oxygen atoms in total. The number of carbonyl (C=O) groups is 2. The number of anilines is 2. The summed E-state index contributed by atoms with van der Waals surface area (Å²) in [4.78, 5) is 26.6. The summed E-state index contributed by atoms with van der Waals surface area (Å²) in [5.41, 5.74) is 1.56. The fourth-order valence-electron chi connectivity index (χ4n) is 3.01. The topological polar surface area (TPSA) is 52.7 Å². The Balaban J connectivity index is 1.75. The third kappa shape index (κ3) is 5.33. The summed E-state index contributed by atoms with van der Waals surface area (Å²) >= 11 is 8.21. The molecular formula is C19H16ClF3IN3O2. The number of halogens is 5. The summed E-state index contributed by atoms with van der Waals surface area (Å²) in [6.07, 6.45) is -4.88. The molecule has 1 heterocycles.